The molecule has 1 aromatic heterocycles. The molecular weight excluding hydrogens is 278 g/mol. The molecule has 0 unspecified atom stereocenters. The van der Waals surface area contributed by atoms with Crippen molar-refractivity contribution >= 4 is 5.91 Å². The van der Waals surface area contributed by atoms with Crippen LogP contribution in [0.2, 0.25) is 0 Å². The number of aryl methyl sites for hydroxylation is 2. The Kier molecular flexibility index (Phi) is 4.98. The van der Waals surface area contributed by atoms with Crippen molar-refractivity contribution in [1.82, 2.24) is 15.3 Å². The number of H-pyrrole nitrogens is 1. The number of imidazole rings is 1. The summed E-state index contributed by atoms with van der Waals surface area (Å²) in [6.07, 6.45) is 3.21. The SMILES string of the molecule is Cc1cnc(CNC(=O)c2ccc(CCC(C)(C)O)cc2)[nH]1. The van der Waals surface area contributed by atoms with Crippen LogP contribution in [-0.2, 0) is 13.0 Å². The molecule has 2 rings (SSSR count). The van der Waals surface area contributed by atoms with Gasteiger partial charge in [0, 0.05) is 17.5 Å². The summed E-state index contributed by atoms with van der Waals surface area (Å²) < 4.78 is 0. The Balaban J connectivity index is 1.88. The van der Waals surface area contributed by atoms with Crippen molar-refractivity contribution in [2.24, 2.45) is 0 Å². The van der Waals surface area contributed by atoms with Gasteiger partial charge in [-0.2, -0.15) is 0 Å². The van der Waals surface area contributed by atoms with Crippen LogP contribution >= 0.6 is 0 Å². The van der Waals surface area contributed by atoms with Gasteiger partial charge in [-0.3, -0.25) is 4.79 Å². The van der Waals surface area contributed by atoms with Crippen LogP contribution in [0.3, 0.4) is 0 Å². The smallest absolute Gasteiger partial charge is 0.251 e. The highest BCUT2D eigenvalue weighted by Gasteiger charge is 2.12. The van der Waals surface area contributed by atoms with Crippen molar-refractivity contribution in [2.45, 2.75) is 45.8 Å². The number of nitrogens with zero attached hydrogens (tertiary/aromatic N) is 1. The lowest BCUT2D eigenvalue weighted by atomic mass is 9.98. The number of carbonyl (C=O) groups is 1. The topological polar surface area (TPSA) is 78.0 Å². The molecule has 22 heavy (non-hydrogen) atoms. The lowest BCUT2D eigenvalue weighted by molar-refractivity contribution is 0.0713. The number of benzene rings is 1. The van der Waals surface area contributed by atoms with E-state index in [-0.39, 0.29) is 5.91 Å². The normalized spacial score (nSPS) is 11.5. The maximum absolute atomic E-state index is 12.1. The minimum absolute atomic E-state index is 0.122. The van der Waals surface area contributed by atoms with Crippen LogP contribution in [0.25, 0.3) is 0 Å². The fourth-order valence-electron chi connectivity index (χ4n) is 2.10. The number of hydrogen-bond acceptors (Lipinski definition) is 3. The van der Waals surface area contributed by atoms with Crippen LogP contribution in [0.1, 0.15) is 47.7 Å². The van der Waals surface area contributed by atoms with Gasteiger partial charge < -0.3 is 15.4 Å². The predicted octanol–water partition coefficient (Wildman–Crippen LogP) is 2.35. The Hall–Kier alpha value is -2.14. The number of amides is 1. The van der Waals surface area contributed by atoms with E-state index in [0.29, 0.717) is 18.5 Å². The summed E-state index contributed by atoms with van der Waals surface area (Å²) in [6, 6.07) is 7.47. The van der Waals surface area contributed by atoms with Gasteiger partial charge >= 0.3 is 0 Å². The average molecular weight is 301 g/mol. The molecule has 1 aromatic carbocycles. The first kappa shape index (κ1) is 16.2. The fourth-order valence-corrected chi connectivity index (χ4v) is 2.10. The third-order valence-electron chi connectivity index (χ3n) is 3.41. The number of nitrogens with one attached hydrogen (secondary N) is 2. The van der Waals surface area contributed by atoms with Crippen LogP contribution in [0.4, 0.5) is 0 Å². The van der Waals surface area contributed by atoms with Gasteiger partial charge in [0.15, 0.2) is 0 Å². The zero-order valence-corrected chi connectivity index (χ0v) is 13.3. The van der Waals surface area contributed by atoms with Gasteiger partial charge in [0.05, 0.1) is 12.1 Å². The summed E-state index contributed by atoms with van der Waals surface area (Å²) in [5.74, 6) is 0.621. The van der Waals surface area contributed by atoms with E-state index in [1.165, 1.54) is 0 Å². The molecule has 0 spiro atoms. The maximum atomic E-state index is 12.1. The molecule has 0 saturated carbocycles. The number of aromatic nitrogens is 2. The summed E-state index contributed by atoms with van der Waals surface area (Å²) in [4.78, 5) is 19.3. The van der Waals surface area contributed by atoms with Gasteiger partial charge in [-0.1, -0.05) is 12.1 Å². The van der Waals surface area contributed by atoms with Crippen LogP contribution < -0.4 is 5.32 Å². The zero-order chi connectivity index (χ0) is 16.2. The first-order valence-electron chi connectivity index (χ1n) is 7.43. The third kappa shape index (κ3) is 5.00. The molecule has 1 heterocycles. The first-order valence-corrected chi connectivity index (χ1v) is 7.43. The highest BCUT2D eigenvalue weighted by molar-refractivity contribution is 5.94. The second-order valence-corrected chi connectivity index (χ2v) is 6.20. The number of rotatable bonds is 6. The molecule has 0 aliphatic heterocycles. The Morgan fingerprint density at radius 2 is 2.00 bits per heavy atom. The largest absolute Gasteiger partial charge is 0.390 e. The molecule has 3 N–H and O–H groups in total. The molecule has 1 amide bonds. The molecule has 5 heteroatoms. The molecule has 5 nitrogen and oxygen atoms in total. The molecule has 0 aliphatic rings. The van der Waals surface area contributed by atoms with Crippen molar-refractivity contribution < 1.29 is 9.90 Å². The quantitative estimate of drug-likeness (QED) is 0.766. The third-order valence-corrected chi connectivity index (χ3v) is 3.41. The lowest BCUT2D eigenvalue weighted by Crippen LogP contribution is -2.23. The Bertz CT molecular complexity index is 624. The molecule has 0 bridgehead atoms. The molecule has 0 atom stereocenters. The van der Waals surface area contributed by atoms with Crippen molar-refractivity contribution in [2.75, 3.05) is 0 Å². The summed E-state index contributed by atoms with van der Waals surface area (Å²) in [7, 11) is 0. The van der Waals surface area contributed by atoms with E-state index in [1.807, 2.05) is 31.2 Å². The Morgan fingerprint density at radius 1 is 1.32 bits per heavy atom. The van der Waals surface area contributed by atoms with E-state index in [0.717, 1.165) is 23.5 Å². The van der Waals surface area contributed by atoms with Gasteiger partial charge in [-0.15, -0.1) is 0 Å². The molecule has 2 aromatic rings. The van der Waals surface area contributed by atoms with E-state index in [4.69, 9.17) is 0 Å². The molecule has 0 saturated heterocycles. The second-order valence-electron chi connectivity index (χ2n) is 6.20. The van der Waals surface area contributed by atoms with Crippen LogP contribution in [0.15, 0.2) is 30.5 Å². The van der Waals surface area contributed by atoms with E-state index in [9.17, 15) is 9.90 Å². The van der Waals surface area contributed by atoms with Gasteiger partial charge in [0.25, 0.3) is 5.91 Å². The monoisotopic (exact) mass is 301 g/mol. The van der Waals surface area contributed by atoms with E-state index >= 15 is 0 Å². The molecule has 0 fully saturated rings. The molecule has 0 aliphatic carbocycles. The highest BCUT2D eigenvalue weighted by atomic mass is 16.3. The standard InChI is InChI=1S/C17H23N3O2/c1-12-10-18-15(20-12)11-19-16(21)14-6-4-13(5-7-14)8-9-17(2,3)22/h4-7,10,22H,8-9,11H2,1-3H3,(H,18,20)(H,19,21). The summed E-state index contributed by atoms with van der Waals surface area (Å²) in [5, 5.41) is 12.6. The van der Waals surface area contributed by atoms with E-state index in [1.54, 1.807) is 20.0 Å². The summed E-state index contributed by atoms with van der Waals surface area (Å²) in [5.41, 5.74) is 2.04. The first-order chi connectivity index (χ1) is 10.3. The van der Waals surface area contributed by atoms with Gasteiger partial charge in [0.2, 0.25) is 0 Å². The zero-order valence-electron chi connectivity index (χ0n) is 13.3. The summed E-state index contributed by atoms with van der Waals surface area (Å²) in [6.45, 7) is 5.90. The van der Waals surface area contributed by atoms with Crippen molar-refractivity contribution in [1.29, 1.82) is 0 Å². The van der Waals surface area contributed by atoms with Crippen LogP contribution in [-0.4, -0.2) is 26.6 Å². The van der Waals surface area contributed by atoms with Gasteiger partial charge in [0.1, 0.15) is 5.82 Å². The fraction of sp³-hybridized carbons (Fsp3) is 0.412. The maximum Gasteiger partial charge on any atom is 0.251 e. The minimum Gasteiger partial charge on any atom is -0.390 e. The summed E-state index contributed by atoms with van der Waals surface area (Å²) >= 11 is 0. The molecule has 118 valence electrons. The van der Waals surface area contributed by atoms with E-state index in [2.05, 4.69) is 15.3 Å². The minimum atomic E-state index is -0.669. The molecular formula is C17H23N3O2. The Labute approximate surface area is 130 Å². The van der Waals surface area contributed by atoms with Crippen molar-refractivity contribution in [3.63, 3.8) is 0 Å². The van der Waals surface area contributed by atoms with Crippen LogP contribution in [0.5, 0.6) is 0 Å². The number of carbonyl (C=O) groups excluding carboxylic acids is 1. The van der Waals surface area contributed by atoms with Gasteiger partial charge in [-0.25, -0.2) is 4.98 Å². The highest BCUT2D eigenvalue weighted by Crippen LogP contribution is 2.14. The lowest BCUT2D eigenvalue weighted by Gasteiger charge is -2.16. The Morgan fingerprint density at radius 3 is 2.55 bits per heavy atom. The van der Waals surface area contributed by atoms with Gasteiger partial charge in [-0.05, 0) is 51.3 Å². The molecule has 0 radical (unpaired) electrons. The predicted molar refractivity (Wildman–Crippen MR) is 85.6 cm³/mol. The average Bonchev–Trinajstić information content (AvgIpc) is 2.88. The second kappa shape index (κ2) is 6.75. The van der Waals surface area contributed by atoms with Crippen molar-refractivity contribution in [3.8, 4) is 0 Å². The van der Waals surface area contributed by atoms with Crippen molar-refractivity contribution in [3.05, 3.63) is 53.1 Å². The number of aliphatic hydroxyl groups is 1. The van der Waals surface area contributed by atoms with Crippen LogP contribution in [0, 0.1) is 6.92 Å². The number of aromatic amines is 1. The number of hydrogen-bond donors (Lipinski definition) is 3. The van der Waals surface area contributed by atoms with E-state index < -0.39 is 5.60 Å².